The second-order valence-electron chi connectivity index (χ2n) is 9.87. The Bertz CT molecular complexity index is 1350. The van der Waals surface area contributed by atoms with Crippen molar-refractivity contribution in [2.45, 2.75) is 42.2 Å². The number of carbonyl (C=O) groups excluding carboxylic acids is 4. The first-order valence-corrected chi connectivity index (χ1v) is 12.9. The van der Waals surface area contributed by atoms with Gasteiger partial charge in [-0.1, -0.05) is 72.8 Å². The van der Waals surface area contributed by atoms with Gasteiger partial charge in [-0.2, -0.15) is 0 Å². The molecule has 0 spiro atoms. The van der Waals surface area contributed by atoms with Crippen LogP contribution in [0, 0.1) is 0 Å². The molecule has 37 heavy (non-hydrogen) atoms. The molecule has 3 aliphatic heterocycles. The van der Waals surface area contributed by atoms with E-state index in [2.05, 4.69) is 0 Å². The molecule has 0 aliphatic carbocycles. The second kappa shape index (κ2) is 8.59. The number of ether oxygens (including phenoxy) is 1. The van der Waals surface area contributed by atoms with Crippen molar-refractivity contribution >= 4 is 35.5 Å². The fourth-order valence-corrected chi connectivity index (χ4v) is 7.10. The van der Waals surface area contributed by atoms with Crippen LogP contribution < -0.4 is 0 Å². The van der Waals surface area contributed by atoms with E-state index >= 15 is 0 Å². The molecule has 3 atom stereocenters. The zero-order valence-corrected chi connectivity index (χ0v) is 21.1. The zero-order valence-electron chi connectivity index (χ0n) is 20.2. The molecule has 1 unspecified atom stereocenters. The lowest BCUT2D eigenvalue weighted by atomic mass is 9.94. The van der Waals surface area contributed by atoms with Gasteiger partial charge in [0.2, 0.25) is 0 Å². The standard InChI is InChI=1S/C29H24N2O5S/c1-29(2)23(28(35)36-22(17-11-5-3-6-12-17)18-13-7-4-8-14-18)31-26(34)21(27(31)37-29)30-24(32)19-15-9-10-16-20(19)25(30)33/h3-16,21-23,27H,1-2H3/t21?,23-,27+/m0/s1. The predicted octanol–water partition coefficient (Wildman–Crippen LogP) is 4.05. The van der Waals surface area contributed by atoms with Crippen LogP contribution in [0.1, 0.15) is 51.8 Å². The number of thioether (sulfide) groups is 1. The van der Waals surface area contributed by atoms with Crippen molar-refractivity contribution in [2.24, 2.45) is 0 Å². The van der Waals surface area contributed by atoms with Gasteiger partial charge < -0.3 is 9.64 Å². The third kappa shape index (κ3) is 3.58. The van der Waals surface area contributed by atoms with Gasteiger partial charge in [0.1, 0.15) is 17.5 Å². The monoisotopic (exact) mass is 512 g/mol. The van der Waals surface area contributed by atoms with Gasteiger partial charge in [0.05, 0.1) is 11.1 Å². The normalized spacial score (nSPS) is 23.6. The first-order valence-electron chi connectivity index (χ1n) is 12.1. The van der Waals surface area contributed by atoms with Crippen LogP contribution >= 0.6 is 11.8 Å². The van der Waals surface area contributed by atoms with Crippen molar-refractivity contribution in [1.82, 2.24) is 9.80 Å². The Morgan fingerprint density at radius 3 is 1.81 bits per heavy atom. The Hall–Kier alpha value is -3.91. The maximum atomic E-state index is 13.7. The van der Waals surface area contributed by atoms with Crippen molar-refractivity contribution in [3.63, 3.8) is 0 Å². The summed E-state index contributed by atoms with van der Waals surface area (Å²) in [6.45, 7) is 3.77. The van der Waals surface area contributed by atoms with Crippen molar-refractivity contribution in [2.75, 3.05) is 0 Å². The zero-order chi connectivity index (χ0) is 25.9. The highest BCUT2D eigenvalue weighted by Gasteiger charge is 2.67. The summed E-state index contributed by atoms with van der Waals surface area (Å²) in [5, 5.41) is -0.519. The van der Waals surface area contributed by atoms with E-state index in [0.29, 0.717) is 11.1 Å². The number of β-lactam (4-membered cyclic amide) rings is 1. The molecule has 3 aliphatic rings. The Kier molecular flexibility index (Phi) is 5.45. The van der Waals surface area contributed by atoms with E-state index in [-0.39, 0.29) is 0 Å². The number of benzene rings is 3. The number of esters is 1. The average Bonchev–Trinajstić information content (AvgIpc) is 3.31. The third-order valence-corrected chi connectivity index (χ3v) is 8.74. The van der Waals surface area contributed by atoms with Crippen molar-refractivity contribution in [3.05, 3.63) is 107 Å². The molecule has 7 nitrogen and oxygen atoms in total. The summed E-state index contributed by atoms with van der Waals surface area (Å²) < 4.78 is 5.41. The molecule has 3 amide bonds. The van der Waals surface area contributed by atoms with Gasteiger partial charge in [-0.05, 0) is 37.1 Å². The van der Waals surface area contributed by atoms with Crippen LogP contribution in [0.5, 0.6) is 0 Å². The van der Waals surface area contributed by atoms with E-state index in [1.54, 1.807) is 24.3 Å². The summed E-state index contributed by atoms with van der Waals surface area (Å²) in [6, 6.07) is 23.7. The average molecular weight is 513 g/mol. The molecule has 186 valence electrons. The minimum atomic E-state index is -0.950. The van der Waals surface area contributed by atoms with E-state index in [4.69, 9.17) is 4.74 Å². The maximum absolute atomic E-state index is 13.7. The molecule has 3 aromatic carbocycles. The summed E-state index contributed by atoms with van der Waals surface area (Å²) in [5.74, 6) is -1.89. The number of hydrogen-bond donors (Lipinski definition) is 0. The molecule has 2 fully saturated rings. The lowest BCUT2D eigenvalue weighted by molar-refractivity contribution is -0.168. The second-order valence-corrected chi connectivity index (χ2v) is 11.6. The largest absolute Gasteiger partial charge is 0.451 e. The fourth-order valence-electron chi connectivity index (χ4n) is 5.44. The maximum Gasteiger partial charge on any atom is 0.331 e. The lowest BCUT2D eigenvalue weighted by Crippen LogP contribution is -2.71. The van der Waals surface area contributed by atoms with E-state index in [9.17, 15) is 19.2 Å². The van der Waals surface area contributed by atoms with Crippen LogP contribution in [0.4, 0.5) is 0 Å². The summed E-state index contributed by atoms with van der Waals surface area (Å²) >= 11 is 1.41. The van der Waals surface area contributed by atoms with Gasteiger partial charge in [0.15, 0.2) is 6.10 Å². The molecule has 0 N–H and O–H groups in total. The topological polar surface area (TPSA) is 84.0 Å². The van der Waals surface area contributed by atoms with E-state index in [1.807, 2.05) is 74.5 Å². The molecule has 0 radical (unpaired) electrons. The van der Waals surface area contributed by atoms with Crippen LogP contribution in [0.25, 0.3) is 0 Å². The predicted molar refractivity (Wildman–Crippen MR) is 138 cm³/mol. The Balaban J connectivity index is 1.28. The Labute approximate surface area is 218 Å². The van der Waals surface area contributed by atoms with Crippen molar-refractivity contribution in [1.29, 1.82) is 0 Å². The Morgan fingerprint density at radius 1 is 0.811 bits per heavy atom. The van der Waals surface area contributed by atoms with Crippen molar-refractivity contribution < 1.29 is 23.9 Å². The first-order chi connectivity index (χ1) is 17.8. The fraction of sp³-hybridized carbons (Fsp3) is 0.241. The molecule has 0 bridgehead atoms. The number of fused-ring (bicyclic) bond motifs is 2. The molecule has 0 saturated carbocycles. The Morgan fingerprint density at radius 2 is 1.30 bits per heavy atom. The number of carbonyl (C=O) groups is 4. The minimum absolute atomic E-state index is 0.297. The molecule has 3 aromatic rings. The highest BCUT2D eigenvalue weighted by molar-refractivity contribution is 8.01. The number of amides is 3. The summed E-state index contributed by atoms with van der Waals surface area (Å²) in [5.41, 5.74) is 2.23. The lowest BCUT2D eigenvalue weighted by Gasteiger charge is -2.46. The summed E-state index contributed by atoms with van der Waals surface area (Å²) in [4.78, 5) is 55.8. The van der Waals surface area contributed by atoms with Crippen LogP contribution in [0.2, 0.25) is 0 Å². The smallest absolute Gasteiger partial charge is 0.331 e. The van der Waals surface area contributed by atoms with Crippen molar-refractivity contribution in [3.8, 4) is 0 Å². The minimum Gasteiger partial charge on any atom is -0.451 e. The molecular weight excluding hydrogens is 488 g/mol. The van der Waals surface area contributed by atoms with E-state index in [1.165, 1.54) is 16.7 Å². The molecule has 0 aromatic heterocycles. The number of imide groups is 1. The quantitative estimate of drug-likeness (QED) is 0.291. The number of hydrogen-bond acceptors (Lipinski definition) is 6. The number of nitrogens with zero attached hydrogens (tertiary/aromatic N) is 2. The van der Waals surface area contributed by atoms with Crippen LogP contribution in [-0.4, -0.2) is 55.7 Å². The van der Waals surface area contributed by atoms with Crippen LogP contribution in [-0.2, 0) is 14.3 Å². The van der Waals surface area contributed by atoms with Gasteiger partial charge in [0.25, 0.3) is 17.7 Å². The highest BCUT2D eigenvalue weighted by Crippen LogP contribution is 2.53. The third-order valence-electron chi connectivity index (χ3n) is 7.18. The van der Waals surface area contributed by atoms with Gasteiger partial charge >= 0.3 is 5.97 Å². The van der Waals surface area contributed by atoms with Gasteiger partial charge in [-0.15, -0.1) is 11.8 Å². The SMILES string of the molecule is CC1(C)S[C@@H]2C(N3C(=O)c4ccccc4C3=O)C(=O)N2[C@H]1C(=O)OC(c1ccccc1)c1ccccc1. The van der Waals surface area contributed by atoms with Gasteiger partial charge in [-0.25, -0.2) is 4.79 Å². The molecule has 3 heterocycles. The van der Waals surface area contributed by atoms with Gasteiger partial charge in [0, 0.05) is 4.75 Å². The summed E-state index contributed by atoms with van der Waals surface area (Å²) in [7, 11) is 0. The highest BCUT2D eigenvalue weighted by atomic mass is 32.2. The van der Waals surface area contributed by atoms with Crippen LogP contribution in [0.3, 0.4) is 0 Å². The summed E-state index contributed by atoms with van der Waals surface area (Å²) in [6.07, 6.45) is -0.641. The molecule has 8 heteroatoms. The van der Waals surface area contributed by atoms with E-state index in [0.717, 1.165) is 16.0 Å². The number of rotatable bonds is 5. The first kappa shape index (κ1) is 23.5. The molecular formula is C29H24N2O5S. The van der Waals surface area contributed by atoms with Gasteiger partial charge in [-0.3, -0.25) is 19.3 Å². The molecule has 6 rings (SSSR count). The molecule has 2 saturated heterocycles. The van der Waals surface area contributed by atoms with Crippen LogP contribution in [0.15, 0.2) is 84.9 Å². The van der Waals surface area contributed by atoms with E-state index < -0.39 is 52.0 Å².